The van der Waals surface area contributed by atoms with Gasteiger partial charge in [0.25, 0.3) is 0 Å². The molecule has 0 amide bonds. The second-order valence-electron chi connectivity index (χ2n) is 6.09. The predicted octanol–water partition coefficient (Wildman–Crippen LogP) is 5.00. The third-order valence-corrected chi connectivity index (χ3v) is 6.64. The van der Waals surface area contributed by atoms with E-state index < -0.39 is 0 Å². The van der Waals surface area contributed by atoms with Gasteiger partial charge < -0.3 is 0 Å². The van der Waals surface area contributed by atoms with Crippen LogP contribution < -0.4 is 0 Å². The molecule has 0 saturated heterocycles. The van der Waals surface area contributed by atoms with E-state index in [0.717, 1.165) is 28.0 Å². The molecule has 0 bridgehead atoms. The van der Waals surface area contributed by atoms with Gasteiger partial charge in [-0.25, -0.2) is 0 Å². The van der Waals surface area contributed by atoms with Gasteiger partial charge in [0.05, 0.1) is 6.04 Å². The van der Waals surface area contributed by atoms with Gasteiger partial charge in [0.15, 0.2) is 11.0 Å². The fraction of sp³-hybridized carbons (Fsp3) is 0.263. The molecule has 2 aromatic carbocycles. The highest BCUT2D eigenvalue weighted by molar-refractivity contribution is 8.00. The molecule has 24 heavy (non-hydrogen) atoms. The van der Waals surface area contributed by atoms with Crippen molar-refractivity contribution in [2.24, 2.45) is 0 Å². The zero-order valence-corrected chi connectivity index (χ0v) is 15.4. The molecule has 3 aromatic rings. The maximum atomic E-state index is 4.43. The lowest BCUT2D eigenvalue weighted by Crippen LogP contribution is -2.11. The molecule has 3 nitrogen and oxygen atoms in total. The number of aromatic nitrogens is 3. The summed E-state index contributed by atoms with van der Waals surface area (Å²) in [4.78, 5) is 1.37. The van der Waals surface area contributed by atoms with E-state index in [-0.39, 0.29) is 0 Å². The van der Waals surface area contributed by atoms with Gasteiger partial charge in [0.2, 0.25) is 0 Å². The first kappa shape index (κ1) is 15.8. The number of hydrogen-bond donors (Lipinski definition) is 0. The zero-order valence-electron chi connectivity index (χ0n) is 13.8. The van der Waals surface area contributed by atoms with Crippen molar-refractivity contribution in [2.75, 3.05) is 11.5 Å². The van der Waals surface area contributed by atoms with Crippen LogP contribution in [-0.4, -0.2) is 26.3 Å². The summed E-state index contributed by atoms with van der Waals surface area (Å²) in [7, 11) is 0. The van der Waals surface area contributed by atoms with E-state index >= 15 is 0 Å². The molecule has 5 heteroatoms. The molecule has 1 atom stereocenters. The van der Waals surface area contributed by atoms with Gasteiger partial charge in [-0.3, -0.25) is 4.57 Å². The Labute approximate surface area is 150 Å². The summed E-state index contributed by atoms with van der Waals surface area (Å²) in [5.41, 5.74) is 3.82. The van der Waals surface area contributed by atoms with Gasteiger partial charge in [-0.2, -0.15) is 0 Å². The smallest absolute Gasteiger partial charge is 0.191 e. The first-order chi connectivity index (χ1) is 11.7. The summed E-state index contributed by atoms with van der Waals surface area (Å²) in [6.07, 6.45) is 0. The molecule has 2 heterocycles. The third-order valence-electron chi connectivity index (χ3n) is 4.23. The fourth-order valence-corrected chi connectivity index (χ4v) is 5.32. The Morgan fingerprint density at radius 1 is 1.12 bits per heavy atom. The highest BCUT2D eigenvalue weighted by Gasteiger charge is 2.28. The number of benzene rings is 2. The van der Waals surface area contributed by atoms with Gasteiger partial charge in [0, 0.05) is 22.0 Å². The fourth-order valence-electron chi connectivity index (χ4n) is 3.00. The molecule has 122 valence electrons. The first-order valence-electron chi connectivity index (χ1n) is 8.05. The van der Waals surface area contributed by atoms with Crippen LogP contribution in [0.15, 0.2) is 58.6 Å². The summed E-state index contributed by atoms with van der Waals surface area (Å²) < 4.78 is 2.32. The maximum absolute atomic E-state index is 4.43. The maximum Gasteiger partial charge on any atom is 0.191 e. The summed E-state index contributed by atoms with van der Waals surface area (Å²) in [5.74, 6) is 3.10. The van der Waals surface area contributed by atoms with Crippen molar-refractivity contribution in [1.82, 2.24) is 14.8 Å². The Hall–Kier alpha value is -1.72. The lowest BCUT2D eigenvalue weighted by Gasteiger charge is -2.15. The third kappa shape index (κ3) is 2.98. The van der Waals surface area contributed by atoms with Crippen molar-refractivity contribution in [2.45, 2.75) is 29.9 Å². The van der Waals surface area contributed by atoms with E-state index in [4.69, 9.17) is 0 Å². The van der Waals surface area contributed by atoms with Gasteiger partial charge in [-0.05, 0) is 25.5 Å². The number of rotatable bonds is 4. The Bertz CT molecular complexity index is 858. The van der Waals surface area contributed by atoms with Crippen LogP contribution in [0.1, 0.15) is 17.2 Å². The average Bonchev–Trinajstić information content (AvgIpc) is 3.17. The van der Waals surface area contributed by atoms with Crippen LogP contribution >= 0.6 is 23.5 Å². The van der Waals surface area contributed by atoms with Crippen LogP contribution in [0, 0.1) is 13.8 Å². The highest BCUT2D eigenvalue weighted by Crippen LogP contribution is 2.39. The van der Waals surface area contributed by atoms with E-state index in [1.807, 2.05) is 29.6 Å². The molecule has 0 saturated carbocycles. The minimum absolute atomic E-state index is 0.431. The summed E-state index contributed by atoms with van der Waals surface area (Å²) in [5, 5.41) is 9.84. The molecule has 0 aliphatic carbocycles. The number of aryl methyl sites for hydroxylation is 2. The lowest BCUT2D eigenvalue weighted by molar-refractivity contribution is 0.597. The van der Waals surface area contributed by atoms with E-state index in [2.05, 4.69) is 71.1 Å². The van der Waals surface area contributed by atoms with Crippen LogP contribution in [0.2, 0.25) is 0 Å². The molecule has 1 aliphatic rings. The van der Waals surface area contributed by atoms with Crippen molar-refractivity contribution >= 4 is 23.5 Å². The number of fused-ring (bicyclic) bond motifs is 1. The van der Waals surface area contributed by atoms with Gasteiger partial charge in [-0.15, -0.1) is 22.0 Å². The summed E-state index contributed by atoms with van der Waals surface area (Å²) in [6, 6.07) is 17.5. The van der Waals surface area contributed by atoms with Crippen LogP contribution in [0.3, 0.4) is 0 Å². The molecule has 0 spiro atoms. The van der Waals surface area contributed by atoms with Gasteiger partial charge in [0.1, 0.15) is 0 Å². The van der Waals surface area contributed by atoms with Crippen molar-refractivity contribution in [3.63, 3.8) is 0 Å². The SMILES string of the molecule is Cc1ccc(SC[C@@H]2CSc3nnc(-c4ccccc4)n32)c(C)c1. The largest absolute Gasteiger partial charge is 0.297 e. The molecule has 0 fully saturated rings. The van der Waals surface area contributed by atoms with Crippen LogP contribution in [0.4, 0.5) is 0 Å². The van der Waals surface area contributed by atoms with Crippen molar-refractivity contribution < 1.29 is 0 Å². The van der Waals surface area contributed by atoms with E-state index in [0.29, 0.717) is 6.04 Å². The van der Waals surface area contributed by atoms with Crippen molar-refractivity contribution in [3.8, 4) is 11.4 Å². The van der Waals surface area contributed by atoms with Crippen molar-refractivity contribution in [3.05, 3.63) is 59.7 Å². The van der Waals surface area contributed by atoms with Crippen LogP contribution in [-0.2, 0) is 0 Å². The molecular formula is C19H19N3S2. The van der Waals surface area contributed by atoms with Gasteiger partial charge >= 0.3 is 0 Å². The lowest BCUT2D eigenvalue weighted by atomic mass is 10.2. The minimum Gasteiger partial charge on any atom is -0.297 e. The molecule has 0 unspecified atom stereocenters. The molecule has 0 N–H and O–H groups in total. The number of nitrogens with zero attached hydrogens (tertiary/aromatic N) is 3. The second kappa shape index (κ2) is 6.65. The van der Waals surface area contributed by atoms with E-state index in [1.54, 1.807) is 0 Å². The Balaban J connectivity index is 1.57. The quantitative estimate of drug-likeness (QED) is 0.618. The molecule has 4 rings (SSSR count). The Morgan fingerprint density at radius 2 is 1.96 bits per heavy atom. The number of thioether (sulfide) groups is 2. The second-order valence-corrected chi connectivity index (χ2v) is 8.14. The monoisotopic (exact) mass is 353 g/mol. The summed E-state index contributed by atoms with van der Waals surface area (Å²) >= 11 is 3.74. The predicted molar refractivity (Wildman–Crippen MR) is 102 cm³/mol. The topological polar surface area (TPSA) is 30.7 Å². The van der Waals surface area contributed by atoms with Crippen LogP contribution in [0.5, 0.6) is 0 Å². The normalized spacial score (nSPS) is 16.3. The Morgan fingerprint density at radius 3 is 2.75 bits per heavy atom. The minimum atomic E-state index is 0.431. The molecular weight excluding hydrogens is 334 g/mol. The van der Waals surface area contributed by atoms with E-state index in [1.165, 1.54) is 16.0 Å². The summed E-state index contributed by atoms with van der Waals surface area (Å²) in [6.45, 7) is 4.34. The average molecular weight is 354 g/mol. The van der Waals surface area contributed by atoms with Gasteiger partial charge in [-0.1, -0.05) is 59.8 Å². The highest BCUT2D eigenvalue weighted by atomic mass is 32.2. The molecule has 1 aliphatic heterocycles. The Kier molecular flexibility index (Phi) is 4.37. The zero-order chi connectivity index (χ0) is 16.5. The van der Waals surface area contributed by atoms with Crippen LogP contribution in [0.25, 0.3) is 11.4 Å². The van der Waals surface area contributed by atoms with E-state index in [9.17, 15) is 0 Å². The van der Waals surface area contributed by atoms with Crippen molar-refractivity contribution in [1.29, 1.82) is 0 Å². The standard InChI is InChI=1S/C19H19N3S2/c1-13-8-9-17(14(2)10-13)23-11-16-12-24-19-21-20-18(22(16)19)15-6-4-3-5-7-15/h3-10,16H,11-12H2,1-2H3/t16-/m1/s1. The number of hydrogen-bond acceptors (Lipinski definition) is 4. The first-order valence-corrected chi connectivity index (χ1v) is 10.0. The molecule has 1 aromatic heterocycles. The molecule has 0 radical (unpaired) electrons.